The third-order valence-corrected chi connectivity index (χ3v) is 3.57. The molecular weight excluding hydrogens is 208 g/mol. The third kappa shape index (κ3) is 2.59. The molecule has 1 saturated carbocycles. The first-order chi connectivity index (χ1) is 7.28. The first-order valence-electron chi connectivity index (χ1n) is 5.16. The van der Waals surface area contributed by atoms with Gasteiger partial charge in [-0.3, -0.25) is 0 Å². The van der Waals surface area contributed by atoms with Crippen LogP contribution >= 0.6 is 12.6 Å². The second-order valence-electron chi connectivity index (χ2n) is 4.12. The van der Waals surface area contributed by atoms with Crippen molar-refractivity contribution < 1.29 is 9.47 Å². The highest BCUT2D eigenvalue weighted by atomic mass is 32.1. The largest absolute Gasteiger partial charge is 0.497 e. The lowest BCUT2D eigenvalue weighted by Gasteiger charge is -2.13. The van der Waals surface area contributed by atoms with Gasteiger partial charge in [0.2, 0.25) is 0 Å². The lowest BCUT2D eigenvalue weighted by Crippen LogP contribution is -2.14. The summed E-state index contributed by atoms with van der Waals surface area (Å²) in [6.07, 6.45) is 2.49. The molecule has 0 radical (unpaired) electrons. The lowest BCUT2D eigenvalue weighted by molar-refractivity contribution is 0.250. The van der Waals surface area contributed by atoms with Crippen molar-refractivity contribution in [2.45, 2.75) is 12.8 Å². The monoisotopic (exact) mass is 224 g/mol. The molecular formula is C12H16O2S. The topological polar surface area (TPSA) is 18.5 Å². The Kier molecular flexibility index (Phi) is 3.10. The summed E-state index contributed by atoms with van der Waals surface area (Å²) in [5.41, 5.74) is 0.350. The molecule has 0 aliphatic heterocycles. The van der Waals surface area contributed by atoms with E-state index in [1.807, 2.05) is 24.3 Å². The normalized spacial score (nSPS) is 17.2. The van der Waals surface area contributed by atoms with Crippen molar-refractivity contribution in [3.63, 3.8) is 0 Å². The summed E-state index contributed by atoms with van der Waals surface area (Å²) in [5.74, 6) is 2.69. The van der Waals surface area contributed by atoms with Crippen molar-refractivity contribution in [2.24, 2.45) is 5.41 Å². The van der Waals surface area contributed by atoms with E-state index in [4.69, 9.17) is 9.47 Å². The van der Waals surface area contributed by atoms with E-state index in [1.54, 1.807) is 7.11 Å². The van der Waals surface area contributed by atoms with Crippen molar-refractivity contribution in [3.05, 3.63) is 24.3 Å². The van der Waals surface area contributed by atoms with E-state index >= 15 is 0 Å². The maximum Gasteiger partial charge on any atom is 0.119 e. The lowest BCUT2D eigenvalue weighted by atomic mass is 10.2. The number of hydrogen-bond acceptors (Lipinski definition) is 3. The Morgan fingerprint density at radius 2 is 1.80 bits per heavy atom. The van der Waals surface area contributed by atoms with Crippen LogP contribution in [-0.4, -0.2) is 19.5 Å². The van der Waals surface area contributed by atoms with Gasteiger partial charge in [0.05, 0.1) is 13.7 Å². The molecule has 0 atom stereocenters. The van der Waals surface area contributed by atoms with Gasteiger partial charge in [-0.2, -0.15) is 12.6 Å². The number of hydrogen-bond donors (Lipinski definition) is 1. The quantitative estimate of drug-likeness (QED) is 0.775. The van der Waals surface area contributed by atoms with Crippen LogP contribution in [0.15, 0.2) is 24.3 Å². The summed E-state index contributed by atoms with van der Waals surface area (Å²) < 4.78 is 10.8. The minimum absolute atomic E-state index is 0.350. The van der Waals surface area contributed by atoms with E-state index in [1.165, 1.54) is 12.8 Å². The Morgan fingerprint density at radius 3 is 2.27 bits per heavy atom. The molecule has 2 nitrogen and oxygen atoms in total. The molecule has 2 rings (SSSR count). The first kappa shape index (κ1) is 10.7. The molecule has 0 aromatic heterocycles. The fourth-order valence-corrected chi connectivity index (χ4v) is 1.84. The van der Waals surface area contributed by atoms with E-state index in [0.29, 0.717) is 5.41 Å². The van der Waals surface area contributed by atoms with Gasteiger partial charge in [0.1, 0.15) is 11.5 Å². The summed E-state index contributed by atoms with van der Waals surface area (Å²) in [7, 11) is 1.66. The second-order valence-corrected chi connectivity index (χ2v) is 4.44. The van der Waals surface area contributed by atoms with Crippen LogP contribution in [0.25, 0.3) is 0 Å². The molecule has 1 aliphatic carbocycles. The van der Waals surface area contributed by atoms with E-state index in [2.05, 4.69) is 12.6 Å². The average molecular weight is 224 g/mol. The molecule has 1 aliphatic rings. The highest BCUT2D eigenvalue weighted by Crippen LogP contribution is 2.46. The molecule has 0 saturated heterocycles. The van der Waals surface area contributed by atoms with E-state index in [9.17, 15) is 0 Å². The van der Waals surface area contributed by atoms with Crippen LogP contribution in [0.4, 0.5) is 0 Å². The zero-order valence-electron chi connectivity index (χ0n) is 8.90. The predicted octanol–water partition coefficient (Wildman–Crippen LogP) is 2.78. The molecule has 0 spiro atoms. The standard InChI is InChI=1S/C12H16O2S/c1-13-10-2-4-11(5-3-10)14-8-12(9-15)6-7-12/h2-5,15H,6-9H2,1H3. The molecule has 0 N–H and O–H groups in total. The molecule has 82 valence electrons. The van der Waals surface area contributed by atoms with Gasteiger partial charge in [0, 0.05) is 5.41 Å². The van der Waals surface area contributed by atoms with Gasteiger partial charge in [-0.25, -0.2) is 0 Å². The zero-order chi connectivity index (χ0) is 10.7. The Balaban J connectivity index is 1.88. The van der Waals surface area contributed by atoms with Crippen LogP contribution in [-0.2, 0) is 0 Å². The van der Waals surface area contributed by atoms with Gasteiger partial charge < -0.3 is 9.47 Å². The Bertz CT molecular complexity index is 317. The summed E-state index contributed by atoms with van der Waals surface area (Å²) in [4.78, 5) is 0. The summed E-state index contributed by atoms with van der Waals surface area (Å²) >= 11 is 4.34. The third-order valence-electron chi connectivity index (χ3n) is 2.90. The number of rotatable bonds is 5. The maximum absolute atomic E-state index is 5.72. The SMILES string of the molecule is COc1ccc(OCC2(CS)CC2)cc1. The van der Waals surface area contributed by atoms with Crippen LogP contribution < -0.4 is 9.47 Å². The van der Waals surface area contributed by atoms with Crippen LogP contribution in [0.3, 0.4) is 0 Å². The maximum atomic E-state index is 5.72. The predicted molar refractivity (Wildman–Crippen MR) is 64.0 cm³/mol. The fourth-order valence-electron chi connectivity index (χ4n) is 1.43. The Labute approximate surface area is 96.0 Å². The van der Waals surface area contributed by atoms with Gasteiger partial charge in [0.25, 0.3) is 0 Å². The Morgan fingerprint density at radius 1 is 1.20 bits per heavy atom. The van der Waals surface area contributed by atoms with Crippen LogP contribution in [0, 0.1) is 5.41 Å². The fraction of sp³-hybridized carbons (Fsp3) is 0.500. The molecule has 0 amide bonds. The average Bonchev–Trinajstić information content (AvgIpc) is 3.08. The number of thiol groups is 1. The summed E-state index contributed by atoms with van der Waals surface area (Å²) in [6, 6.07) is 7.70. The van der Waals surface area contributed by atoms with Gasteiger partial charge in [0.15, 0.2) is 0 Å². The van der Waals surface area contributed by atoms with Gasteiger partial charge in [-0.1, -0.05) is 0 Å². The molecule has 1 aromatic carbocycles. The zero-order valence-corrected chi connectivity index (χ0v) is 9.80. The molecule has 0 unspecified atom stereocenters. The van der Waals surface area contributed by atoms with Gasteiger partial charge >= 0.3 is 0 Å². The van der Waals surface area contributed by atoms with E-state index in [-0.39, 0.29) is 0 Å². The van der Waals surface area contributed by atoms with Crippen LogP contribution in [0.2, 0.25) is 0 Å². The summed E-state index contributed by atoms with van der Waals surface area (Å²) in [6.45, 7) is 0.781. The highest BCUT2D eigenvalue weighted by molar-refractivity contribution is 7.80. The molecule has 1 aromatic rings. The van der Waals surface area contributed by atoms with Crippen LogP contribution in [0.1, 0.15) is 12.8 Å². The Hall–Kier alpha value is -0.830. The number of benzene rings is 1. The minimum Gasteiger partial charge on any atom is -0.497 e. The van der Waals surface area contributed by atoms with Crippen molar-refractivity contribution >= 4 is 12.6 Å². The number of methoxy groups -OCH3 is 1. The second kappa shape index (κ2) is 4.35. The number of ether oxygens (including phenoxy) is 2. The molecule has 0 bridgehead atoms. The smallest absolute Gasteiger partial charge is 0.119 e. The van der Waals surface area contributed by atoms with E-state index < -0.39 is 0 Å². The van der Waals surface area contributed by atoms with Crippen molar-refractivity contribution in [1.82, 2.24) is 0 Å². The molecule has 3 heteroatoms. The van der Waals surface area contributed by atoms with Crippen molar-refractivity contribution in [2.75, 3.05) is 19.5 Å². The van der Waals surface area contributed by atoms with Crippen LogP contribution in [0.5, 0.6) is 11.5 Å². The highest BCUT2D eigenvalue weighted by Gasteiger charge is 2.42. The molecule has 15 heavy (non-hydrogen) atoms. The van der Waals surface area contributed by atoms with Crippen molar-refractivity contribution in [3.8, 4) is 11.5 Å². The van der Waals surface area contributed by atoms with E-state index in [0.717, 1.165) is 23.9 Å². The first-order valence-corrected chi connectivity index (χ1v) is 5.79. The van der Waals surface area contributed by atoms with Crippen molar-refractivity contribution in [1.29, 1.82) is 0 Å². The minimum atomic E-state index is 0.350. The van der Waals surface area contributed by atoms with Gasteiger partial charge in [-0.15, -0.1) is 0 Å². The van der Waals surface area contributed by atoms with Gasteiger partial charge in [-0.05, 0) is 42.9 Å². The molecule has 1 fully saturated rings. The summed E-state index contributed by atoms with van der Waals surface area (Å²) in [5, 5.41) is 0. The molecule has 0 heterocycles.